The summed E-state index contributed by atoms with van der Waals surface area (Å²) in [6.45, 7) is 1.02. The Morgan fingerprint density at radius 1 is 1.28 bits per heavy atom. The molecule has 0 spiro atoms. The lowest BCUT2D eigenvalue weighted by molar-refractivity contribution is 0.0496. The van der Waals surface area contributed by atoms with Crippen molar-refractivity contribution in [2.45, 2.75) is 17.8 Å². The first-order chi connectivity index (χ1) is 8.52. The zero-order chi connectivity index (χ0) is 13.2. The smallest absolute Gasteiger partial charge is 0.342 e. The van der Waals surface area contributed by atoms with Gasteiger partial charge in [-0.15, -0.1) is 0 Å². The van der Waals surface area contributed by atoms with E-state index in [0.717, 1.165) is 6.42 Å². The van der Waals surface area contributed by atoms with Crippen molar-refractivity contribution in [3.8, 4) is 11.5 Å². The molecule has 0 amide bonds. The van der Waals surface area contributed by atoms with Gasteiger partial charge in [0.15, 0.2) is 11.5 Å². The molecule has 0 aromatic heterocycles. The third-order valence-electron chi connectivity index (χ3n) is 2.60. The second kappa shape index (κ2) is 5.26. The van der Waals surface area contributed by atoms with Gasteiger partial charge in [-0.05, 0) is 29.3 Å². The van der Waals surface area contributed by atoms with Crippen LogP contribution in [0.4, 0.5) is 8.78 Å². The topological polar surface area (TPSA) is 56.5 Å². The molecule has 1 heterocycles. The molecule has 1 unspecified atom stereocenters. The van der Waals surface area contributed by atoms with Gasteiger partial charge in [-0.25, -0.2) is 5.43 Å². The van der Waals surface area contributed by atoms with Crippen LogP contribution in [-0.2, 0) is 0 Å². The maximum Gasteiger partial charge on any atom is 0.342 e. The number of halogens is 3. The Hall–Kier alpha value is -1.11. The maximum absolute atomic E-state index is 13.1. The van der Waals surface area contributed by atoms with E-state index in [0.29, 0.717) is 24.7 Å². The molecule has 0 bridgehead atoms. The largest absolute Gasteiger partial charge is 0.490 e. The van der Waals surface area contributed by atoms with Gasteiger partial charge in [-0.3, -0.25) is 5.84 Å². The third-order valence-corrected chi connectivity index (χ3v) is 2.82. The second-order valence-corrected chi connectivity index (χ2v) is 4.40. The van der Waals surface area contributed by atoms with Crippen LogP contribution in [0.3, 0.4) is 0 Å². The molecule has 0 fully saturated rings. The van der Waals surface area contributed by atoms with Crippen molar-refractivity contribution < 1.29 is 18.3 Å². The predicted octanol–water partition coefficient (Wildman–Crippen LogP) is 2.18. The Balaban J connectivity index is 2.32. The number of hydrogen-bond donors (Lipinski definition) is 2. The number of nitrogens with two attached hydrogens (primary N) is 1. The van der Waals surface area contributed by atoms with Crippen LogP contribution in [0.2, 0.25) is 0 Å². The van der Waals surface area contributed by atoms with E-state index < -0.39 is 11.4 Å². The summed E-state index contributed by atoms with van der Waals surface area (Å²) < 4.78 is 37.1. The number of hydrazine groups is 1. The van der Waals surface area contributed by atoms with E-state index in [4.69, 9.17) is 26.9 Å². The summed E-state index contributed by atoms with van der Waals surface area (Å²) in [5.74, 6) is 6.07. The van der Waals surface area contributed by atoms with Crippen LogP contribution in [0, 0.1) is 0 Å². The predicted molar refractivity (Wildman–Crippen MR) is 62.9 cm³/mol. The van der Waals surface area contributed by atoms with Crippen molar-refractivity contribution in [2.75, 3.05) is 13.2 Å². The molecule has 0 saturated heterocycles. The number of rotatable bonds is 3. The summed E-state index contributed by atoms with van der Waals surface area (Å²) in [5.41, 5.74) is 2.24. The Kier molecular flexibility index (Phi) is 3.89. The zero-order valence-corrected chi connectivity index (χ0v) is 10.2. The van der Waals surface area contributed by atoms with E-state index in [-0.39, 0.29) is 5.56 Å². The molecule has 1 atom stereocenters. The average molecular weight is 279 g/mol. The van der Waals surface area contributed by atoms with Gasteiger partial charge in [0.1, 0.15) is 6.04 Å². The van der Waals surface area contributed by atoms with Crippen LogP contribution in [0.25, 0.3) is 0 Å². The lowest BCUT2D eigenvalue weighted by atomic mass is 10.1. The van der Waals surface area contributed by atoms with E-state index in [1.54, 1.807) is 6.07 Å². The summed E-state index contributed by atoms with van der Waals surface area (Å²) in [6.07, 6.45) is 0.744. The summed E-state index contributed by atoms with van der Waals surface area (Å²) in [4.78, 5) is 0. The molecule has 2 rings (SSSR count). The molecule has 7 heteroatoms. The molecule has 100 valence electrons. The molecular formula is C11H13ClF2N2O2. The van der Waals surface area contributed by atoms with Crippen molar-refractivity contribution in [3.05, 3.63) is 23.8 Å². The molecule has 1 aliphatic rings. The van der Waals surface area contributed by atoms with Crippen LogP contribution in [0.15, 0.2) is 18.2 Å². The standard InChI is InChI=1S/C11H13ClF2N2O2/c12-11(13,14)10(16-15)7-2-3-8-9(6-7)18-5-1-4-17-8/h2-3,6,10,16H,1,4-5,15H2. The summed E-state index contributed by atoms with van der Waals surface area (Å²) >= 11 is 5.00. The fourth-order valence-electron chi connectivity index (χ4n) is 1.74. The van der Waals surface area contributed by atoms with Crippen LogP contribution in [0.5, 0.6) is 11.5 Å². The van der Waals surface area contributed by atoms with Gasteiger partial charge in [0.05, 0.1) is 13.2 Å². The van der Waals surface area contributed by atoms with E-state index in [1.807, 2.05) is 5.43 Å². The number of fused-ring (bicyclic) bond motifs is 1. The fraction of sp³-hybridized carbons (Fsp3) is 0.455. The Morgan fingerprint density at radius 2 is 1.94 bits per heavy atom. The zero-order valence-electron chi connectivity index (χ0n) is 9.46. The quantitative estimate of drug-likeness (QED) is 0.505. The lowest BCUT2D eigenvalue weighted by Gasteiger charge is -2.21. The highest BCUT2D eigenvalue weighted by molar-refractivity contribution is 6.22. The number of alkyl halides is 3. The normalized spacial score (nSPS) is 17.1. The monoisotopic (exact) mass is 278 g/mol. The minimum Gasteiger partial charge on any atom is -0.490 e. The SMILES string of the molecule is NNC(c1ccc2c(c1)OCCCO2)C(F)(F)Cl. The van der Waals surface area contributed by atoms with E-state index in [9.17, 15) is 8.78 Å². The number of nitrogens with one attached hydrogen (secondary N) is 1. The molecule has 0 saturated carbocycles. The highest BCUT2D eigenvalue weighted by Gasteiger charge is 2.38. The number of hydrogen-bond acceptors (Lipinski definition) is 4. The first-order valence-corrected chi connectivity index (χ1v) is 5.82. The molecule has 0 aliphatic carbocycles. The van der Waals surface area contributed by atoms with Crippen molar-refractivity contribution in [2.24, 2.45) is 5.84 Å². The Bertz CT molecular complexity index is 426. The Labute approximate surface area is 108 Å². The second-order valence-electron chi connectivity index (χ2n) is 3.90. The van der Waals surface area contributed by atoms with Gasteiger partial charge in [-0.2, -0.15) is 8.78 Å². The van der Waals surface area contributed by atoms with Crippen molar-refractivity contribution >= 4 is 11.6 Å². The first-order valence-electron chi connectivity index (χ1n) is 5.45. The number of benzene rings is 1. The van der Waals surface area contributed by atoms with E-state index in [1.165, 1.54) is 12.1 Å². The fourth-order valence-corrected chi connectivity index (χ4v) is 1.93. The van der Waals surface area contributed by atoms with Crippen molar-refractivity contribution in [3.63, 3.8) is 0 Å². The van der Waals surface area contributed by atoms with E-state index >= 15 is 0 Å². The minimum atomic E-state index is -3.49. The highest BCUT2D eigenvalue weighted by Crippen LogP contribution is 2.38. The molecule has 1 aromatic rings. The van der Waals surface area contributed by atoms with Gasteiger partial charge in [0.25, 0.3) is 0 Å². The van der Waals surface area contributed by atoms with Gasteiger partial charge in [0.2, 0.25) is 0 Å². The van der Waals surface area contributed by atoms with Gasteiger partial charge < -0.3 is 9.47 Å². The molecular weight excluding hydrogens is 266 g/mol. The van der Waals surface area contributed by atoms with Crippen LogP contribution in [-0.4, -0.2) is 18.6 Å². The summed E-state index contributed by atoms with van der Waals surface area (Å²) in [5, 5.41) is -3.49. The van der Waals surface area contributed by atoms with Gasteiger partial charge >= 0.3 is 5.38 Å². The number of ether oxygens (including phenoxy) is 2. The van der Waals surface area contributed by atoms with Crippen molar-refractivity contribution in [1.29, 1.82) is 0 Å². The summed E-state index contributed by atoms with van der Waals surface area (Å²) in [6, 6.07) is 3.02. The minimum absolute atomic E-state index is 0.238. The van der Waals surface area contributed by atoms with Crippen molar-refractivity contribution in [1.82, 2.24) is 5.43 Å². The van der Waals surface area contributed by atoms with E-state index in [2.05, 4.69) is 0 Å². The van der Waals surface area contributed by atoms with Gasteiger partial charge in [-0.1, -0.05) is 6.07 Å². The molecule has 1 aromatic carbocycles. The molecule has 4 nitrogen and oxygen atoms in total. The molecule has 0 radical (unpaired) electrons. The average Bonchev–Trinajstić information content (AvgIpc) is 2.52. The molecule has 18 heavy (non-hydrogen) atoms. The third kappa shape index (κ3) is 2.82. The van der Waals surface area contributed by atoms with Crippen LogP contribution in [0.1, 0.15) is 18.0 Å². The van der Waals surface area contributed by atoms with Crippen LogP contribution >= 0.6 is 11.6 Å². The molecule has 3 N–H and O–H groups in total. The van der Waals surface area contributed by atoms with Gasteiger partial charge in [0, 0.05) is 6.42 Å². The first kappa shape index (κ1) is 13.3. The maximum atomic E-state index is 13.1. The Morgan fingerprint density at radius 3 is 2.56 bits per heavy atom. The molecule has 1 aliphatic heterocycles. The summed E-state index contributed by atoms with van der Waals surface area (Å²) in [7, 11) is 0. The lowest BCUT2D eigenvalue weighted by Crippen LogP contribution is -2.37. The highest BCUT2D eigenvalue weighted by atomic mass is 35.5. The van der Waals surface area contributed by atoms with Crippen LogP contribution < -0.4 is 20.7 Å².